The van der Waals surface area contributed by atoms with Gasteiger partial charge in [-0.25, -0.2) is 0 Å². The summed E-state index contributed by atoms with van der Waals surface area (Å²) in [7, 11) is 0. The van der Waals surface area contributed by atoms with Gasteiger partial charge in [-0.15, -0.1) is 0 Å². The molecule has 3 rings (SSSR count). The second-order valence-corrected chi connectivity index (χ2v) is 8.00. The fourth-order valence-electron chi connectivity index (χ4n) is 2.76. The molecule has 0 radical (unpaired) electrons. The van der Waals surface area contributed by atoms with Gasteiger partial charge in [-0.2, -0.15) is 0 Å². The average Bonchev–Trinajstić information content (AvgIpc) is 2.98. The Hall–Kier alpha value is -2.43. The molecule has 10 heteroatoms. The predicted octanol–water partition coefficient (Wildman–Crippen LogP) is 1.60. The number of ether oxygens (including phenoxy) is 2. The van der Waals surface area contributed by atoms with Crippen LogP contribution in [0.25, 0.3) is 6.08 Å². The number of carboxylic acids is 1. The minimum atomic E-state index is -0.981. The number of hydrogen-bond acceptors (Lipinski definition) is 7. The molecule has 1 N–H and O–H groups in total. The number of benzene rings is 1. The van der Waals surface area contributed by atoms with Crippen LogP contribution in [0.1, 0.15) is 12.0 Å². The quantitative estimate of drug-likeness (QED) is 0.509. The Balaban J connectivity index is 1.55. The van der Waals surface area contributed by atoms with Gasteiger partial charge in [0.2, 0.25) is 0 Å². The molecule has 0 saturated carbocycles. The van der Waals surface area contributed by atoms with Crippen molar-refractivity contribution in [2.75, 3.05) is 39.5 Å². The first-order chi connectivity index (χ1) is 13.9. The second-order valence-electron chi connectivity index (χ2n) is 6.33. The van der Waals surface area contributed by atoms with Crippen LogP contribution in [0.15, 0.2) is 29.2 Å². The topological polar surface area (TPSA) is 96.4 Å². The summed E-state index contributed by atoms with van der Waals surface area (Å²) >= 11 is 6.31. The Morgan fingerprint density at radius 2 is 1.93 bits per heavy atom. The first-order valence-corrected chi connectivity index (χ1v) is 10.2. The predicted molar refractivity (Wildman–Crippen MR) is 111 cm³/mol. The van der Waals surface area contributed by atoms with Crippen molar-refractivity contribution in [3.05, 3.63) is 34.7 Å². The maximum atomic E-state index is 12.4. The van der Waals surface area contributed by atoms with Crippen molar-refractivity contribution in [1.82, 2.24) is 9.80 Å². The number of carbonyl (C=O) groups excluding carboxylic acids is 2. The van der Waals surface area contributed by atoms with E-state index in [4.69, 9.17) is 26.8 Å². The van der Waals surface area contributed by atoms with Crippen LogP contribution in [0.5, 0.6) is 5.75 Å². The van der Waals surface area contributed by atoms with E-state index in [-0.39, 0.29) is 31.4 Å². The van der Waals surface area contributed by atoms with Crippen molar-refractivity contribution in [1.29, 1.82) is 0 Å². The molecule has 8 nitrogen and oxygen atoms in total. The molecular formula is C19H20N2O6S2. The van der Waals surface area contributed by atoms with E-state index in [0.717, 1.165) is 17.3 Å². The van der Waals surface area contributed by atoms with Crippen LogP contribution in [0.3, 0.4) is 0 Å². The van der Waals surface area contributed by atoms with E-state index >= 15 is 0 Å². The van der Waals surface area contributed by atoms with E-state index in [1.807, 2.05) is 0 Å². The van der Waals surface area contributed by atoms with Crippen LogP contribution in [0.2, 0.25) is 0 Å². The van der Waals surface area contributed by atoms with Crippen molar-refractivity contribution in [3.63, 3.8) is 0 Å². The van der Waals surface area contributed by atoms with Gasteiger partial charge >= 0.3 is 5.97 Å². The first-order valence-electron chi connectivity index (χ1n) is 8.99. The lowest BCUT2D eigenvalue weighted by Gasteiger charge is -2.26. The molecular weight excluding hydrogens is 416 g/mol. The van der Waals surface area contributed by atoms with E-state index in [0.29, 0.717) is 41.3 Å². The van der Waals surface area contributed by atoms with Crippen molar-refractivity contribution in [2.24, 2.45) is 0 Å². The fourth-order valence-corrected chi connectivity index (χ4v) is 4.07. The second kappa shape index (κ2) is 9.86. The monoisotopic (exact) mass is 436 g/mol. The molecule has 2 saturated heterocycles. The van der Waals surface area contributed by atoms with Crippen LogP contribution in [0.4, 0.5) is 0 Å². The van der Waals surface area contributed by atoms with E-state index in [9.17, 15) is 14.4 Å². The zero-order chi connectivity index (χ0) is 20.8. The molecule has 1 aromatic rings. The number of rotatable bonds is 7. The molecule has 2 aliphatic rings. The van der Waals surface area contributed by atoms with Crippen molar-refractivity contribution < 1.29 is 29.0 Å². The summed E-state index contributed by atoms with van der Waals surface area (Å²) in [5.41, 5.74) is 0.774. The molecule has 29 heavy (non-hydrogen) atoms. The number of nitrogens with zero attached hydrogens (tertiary/aromatic N) is 2. The highest BCUT2D eigenvalue weighted by Crippen LogP contribution is 2.32. The number of carbonyl (C=O) groups is 3. The third-order valence-corrected chi connectivity index (χ3v) is 5.70. The van der Waals surface area contributed by atoms with Crippen LogP contribution >= 0.6 is 24.0 Å². The van der Waals surface area contributed by atoms with Gasteiger partial charge in [0.1, 0.15) is 10.1 Å². The fraction of sp³-hybridized carbons (Fsp3) is 0.368. The summed E-state index contributed by atoms with van der Waals surface area (Å²) in [5, 5.41) is 8.78. The molecule has 0 bridgehead atoms. The Bertz CT molecular complexity index is 834. The molecule has 0 atom stereocenters. The van der Waals surface area contributed by atoms with Gasteiger partial charge in [-0.3, -0.25) is 19.3 Å². The van der Waals surface area contributed by atoms with E-state index in [2.05, 4.69) is 0 Å². The molecule has 0 unspecified atom stereocenters. The zero-order valence-electron chi connectivity index (χ0n) is 15.5. The summed E-state index contributed by atoms with van der Waals surface area (Å²) in [5.74, 6) is -0.802. The van der Waals surface area contributed by atoms with Crippen LogP contribution in [0, 0.1) is 0 Å². The molecule has 2 heterocycles. The number of hydrogen-bond donors (Lipinski definition) is 1. The number of thiocarbonyl (C=S) groups is 1. The normalized spacial score (nSPS) is 18.4. The number of aliphatic carboxylic acids is 1. The Kier molecular flexibility index (Phi) is 7.24. The molecule has 154 valence electrons. The van der Waals surface area contributed by atoms with E-state index < -0.39 is 5.97 Å². The molecule has 0 aromatic heterocycles. The summed E-state index contributed by atoms with van der Waals surface area (Å²) in [6.07, 6.45) is 1.54. The molecule has 2 fully saturated rings. The molecule has 2 amide bonds. The Morgan fingerprint density at radius 3 is 2.59 bits per heavy atom. The lowest BCUT2D eigenvalue weighted by molar-refractivity contribution is -0.138. The maximum absolute atomic E-state index is 12.4. The Morgan fingerprint density at radius 1 is 1.24 bits per heavy atom. The number of carboxylic acid groups (broad SMARTS) is 1. The van der Waals surface area contributed by atoms with Gasteiger partial charge in [-0.1, -0.05) is 36.1 Å². The standard InChI is InChI=1S/C19H20N2O6S2/c22-16(20-7-9-26-10-8-20)12-27-14-3-1-13(2-4-14)11-15-18(25)21(19(28)29-15)6-5-17(23)24/h1-4,11H,5-10,12H2,(H,23,24)/b15-11+. The highest BCUT2D eigenvalue weighted by molar-refractivity contribution is 8.26. The summed E-state index contributed by atoms with van der Waals surface area (Å²) in [6.45, 7) is 2.26. The molecule has 0 spiro atoms. The van der Waals surface area contributed by atoms with Gasteiger partial charge in [-0.05, 0) is 23.8 Å². The summed E-state index contributed by atoms with van der Waals surface area (Å²) < 4.78 is 11.1. The summed E-state index contributed by atoms with van der Waals surface area (Å²) in [6, 6.07) is 7.00. The highest BCUT2D eigenvalue weighted by Gasteiger charge is 2.32. The highest BCUT2D eigenvalue weighted by atomic mass is 32.2. The first kappa shape index (κ1) is 21.3. The van der Waals surface area contributed by atoms with Crippen LogP contribution < -0.4 is 4.74 Å². The van der Waals surface area contributed by atoms with Crippen LogP contribution in [-0.4, -0.2) is 76.5 Å². The van der Waals surface area contributed by atoms with Crippen LogP contribution in [-0.2, 0) is 19.1 Å². The SMILES string of the molecule is O=C(O)CCN1C(=O)/C(=C\c2ccc(OCC(=O)N3CCOCC3)cc2)SC1=S. The van der Waals surface area contributed by atoms with Gasteiger partial charge < -0.3 is 19.5 Å². The van der Waals surface area contributed by atoms with E-state index in [1.165, 1.54) is 4.90 Å². The van der Waals surface area contributed by atoms with Gasteiger partial charge in [0, 0.05) is 19.6 Å². The lowest BCUT2D eigenvalue weighted by atomic mass is 10.2. The number of thioether (sulfide) groups is 1. The largest absolute Gasteiger partial charge is 0.484 e. The maximum Gasteiger partial charge on any atom is 0.305 e. The molecule has 2 aliphatic heterocycles. The minimum absolute atomic E-state index is 0.0401. The van der Waals surface area contributed by atoms with Crippen molar-refractivity contribution >= 4 is 52.2 Å². The zero-order valence-corrected chi connectivity index (χ0v) is 17.2. The average molecular weight is 437 g/mol. The van der Waals surface area contributed by atoms with Gasteiger partial charge in [0.15, 0.2) is 6.61 Å². The lowest BCUT2D eigenvalue weighted by Crippen LogP contribution is -2.42. The third kappa shape index (κ3) is 5.78. The molecule has 0 aliphatic carbocycles. The third-order valence-electron chi connectivity index (χ3n) is 4.33. The Labute approximate surface area is 177 Å². The number of morpholine rings is 1. The van der Waals surface area contributed by atoms with Crippen molar-refractivity contribution in [2.45, 2.75) is 6.42 Å². The van der Waals surface area contributed by atoms with Gasteiger partial charge in [0.05, 0.1) is 24.5 Å². The number of amides is 2. The molecule has 1 aromatic carbocycles. The smallest absolute Gasteiger partial charge is 0.305 e. The van der Waals surface area contributed by atoms with Gasteiger partial charge in [0.25, 0.3) is 11.8 Å². The summed E-state index contributed by atoms with van der Waals surface area (Å²) in [4.78, 5) is 38.7. The van der Waals surface area contributed by atoms with E-state index in [1.54, 1.807) is 35.2 Å². The minimum Gasteiger partial charge on any atom is -0.484 e. The van der Waals surface area contributed by atoms with Crippen molar-refractivity contribution in [3.8, 4) is 5.75 Å².